The van der Waals surface area contributed by atoms with Gasteiger partial charge in [-0.15, -0.1) is 11.8 Å². The van der Waals surface area contributed by atoms with Crippen molar-refractivity contribution in [1.82, 2.24) is 15.3 Å². The highest BCUT2D eigenvalue weighted by molar-refractivity contribution is 7.99. The molecule has 0 atom stereocenters. The van der Waals surface area contributed by atoms with Crippen LogP contribution in [0.2, 0.25) is 0 Å². The summed E-state index contributed by atoms with van der Waals surface area (Å²) < 4.78 is 11.0. The minimum atomic E-state index is 0.0846. The van der Waals surface area contributed by atoms with E-state index >= 15 is 0 Å². The Morgan fingerprint density at radius 1 is 1.20 bits per heavy atom. The summed E-state index contributed by atoms with van der Waals surface area (Å²) in [6, 6.07) is 4.00. The molecular weight excluding hydrogens is 464 g/mol. The number of unbranched alkanes of at least 4 members (excludes halogenated alkanes) is 4. The van der Waals surface area contributed by atoms with Crippen LogP contribution in [-0.4, -0.2) is 55.4 Å². The minimum Gasteiger partial charge on any atom is -0.454 e. The maximum absolute atomic E-state index is 12.3. The number of amides is 1. The number of carbonyl (C=O) groups is 1. The van der Waals surface area contributed by atoms with Crippen LogP contribution in [0.4, 0.5) is 17.3 Å². The molecule has 0 fully saturated rings. The van der Waals surface area contributed by atoms with Crippen LogP contribution in [0.25, 0.3) is 0 Å². The van der Waals surface area contributed by atoms with E-state index in [1.807, 2.05) is 12.1 Å². The zero-order valence-electron chi connectivity index (χ0n) is 20.9. The van der Waals surface area contributed by atoms with Crippen molar-refractivity contribution >= 4 is 41.7 Å². The van der Waals surface area contributed by atoms with Gasteiger partial charge in [0.1, 0.15) is 12.0 Å². The fraction of sp³-hybridized carbons (Fsp3) is 0.520. The number of rotatable bonds is 15. The van der Waals surface area contributed by atoms with E-state index in [0.717, 1.165) is 34.8 Å². The third kappa shape index (κ3) is 7.48. The van der Waals surface area contributed by atoms with Crippen LogP contribution in [0.3, 0.4) is 0 Å². The van der Waals surface area contributed by atoms with Crippen LogP contribution in [-0.2, 0) is 4.79 Å². The van der Waals surface area contributed by atoms with E-state index in [-0.39, 0.29) is 12.7 Å². The predicted molar refractivity (Wildman–Crippen MR) is 143 cm³/mol. The van der Waals surface area contributed by atoms with Crippen molar-refractivity contribution in [2.24, 2.45) is 4.99 Å². The van der Waals surface area contributed by atoms with E-state index in [1.54, 1.807) is 18.8 Å². The normalized spacial score (nSPS) is 11.9. The molecule has 0 spiro atoms. The lowest BCUT2D eigenvalue weighted by Gasteiger charge is -2.25. The Hall–Kier alpha value is -3.01. The monoisotopic (exact) mass is 500 g/mol. The zero-order valence-corrected chi connectivity index (χ0v) is 21.7. The lowest BCUT2D eigenvalue weighted by molar-refractivity contribution is -0.121. The number of aromatic nitrogens is 2. The molecular formula is C25H36N6O3S. The molecule has 2 aromatic rings. The van der Waals surface area contributed by atoms with Gasteiger partial charge in [0, 0.05) is 31.5 Å². The molecule has 1 aromatic heterocycles. The van der Waals surface area contributed by atoms with Gasteiger partial charge in [-0.05, 0) is 37.8 Å². The van der Waals surface area contributed by atoms with Crippen LogP contribution >= 0.6 is 11.8 Å². The van der Waals surface area contributed by atoms with Crippen molar-refractivity contribution in [2.75, 3.05) is 43.0 Å². The van der Waals surface area contributed by atoms with E-state index in [1.165, 1.54) is 25.6 Å². The Bertz CT molecular complexity index is 1000. The molecule has 0 aliphatic carbocycles. The molecule has 190 valence electrons. The standard InChI is InChI=1S/C25H36N6O3S/c1-5-6-7-8-9-10-22(32)28-11-12-31(25-23(26-3)24(27-4)29-15-30-25)16-35-21-14-20-19(13-18(21)2)33-17-34-20/h13-15H,3,5-12,16-17H2,1-2,4H3,(H,28,32)(H,27,29,30). The van der Waals surface area contributed by atoms with Gasteiger partial charge in [-0.2, -0.15) is 0 Å². The predicted octanol–water partition coefficient (Wildman–Crippen LogP) is 4.92. The van der Waals surface area contributed by atoms with E-state index in [4.69, 9.17) is 9.47 Å². The number of thioether (sulfide) groups is 1. The van der Waals surface area contributed by atoms with Crippen molar-refractivity contribution < 1.29 is 14.3 Å². The number of ether oxygens (including phenoxy) is 2. The Balaban J connectivity index is 1.66. The average molecular weight is 501 g/mol. The number of fused-ring (bicyclic) bond motifs is 1. The second kappa shape index (κ2) is 13.8. The van der Waals surface area contributed by atoms with Gasteiger partial charge < -0.3 is 25.0 Å². The number of nitrogens with one attached hydrogen (secondary N) is 2. The molecule has 1 aliphatic heterocycles. The molecule has 10 heteroatoms. The molecule has 1 aliphatic rings. The fourth-order valence-corrected chi connectivity index (χ4v) is 4.82. The number of carbonyl (C=O) groups excluding carboxylic acids is 1. The largest absolute Gasteiger partial charge is 0.454 e. The van der Waals surface area contributed by atoms with Crippen molar-refractivity contribution in [2.45, 2.75) is 57.3 Å². The summed E-state index contributed by atoms with van der Waals surface area (Å²) in [5.74, 6) is 3.48. The number of hydrogen-bond acceptors (Lipinski definition) is 9. The molecule has 2 N–H and O–H groups in total. The van der Waals surface area contributed by atoms with Gasteiger partial charge in [0.25, 0.3) is 0 Å². The lowest BCUT2D eigenvalue weighted by atomic mass is 10.1. The quantitative estimate of drug-likeness (QED) is 0.154. The highest BCUT2D eigenvalue weighted by Gasteiger charge is 2.19. The highest BCUT2D eigenvalue weighted by atomic mass is 32.2. The summed E-state index contributed by atoms with van der Waals surface area (Å²) in [5, 5.41) is 6.10. The molecule has 0 bridgehead atoms. The SMILES string of the molecule is C=Nc1c(NC)ncnc1N(CCNC(=O)CCCCCCC)CSc1cc2c(cc1C)OCO2. The van der Waals surface area contributed by atoms with Gasteiger partial charge in [0.05, 0.1) is 5.88 Å². The van der Waals surface area contributed by atoms with E-state index in [9.17, 15) is 4.79 Å². The topological polar surface area (TPSA) is 101 Å². The molecule has 0 radical (unpaired) electrons. The van der Waals surface area contributed by atoms with Crippen molar-refractivity contribution in [1.29, 1.82) is 0 Å². The maximum atomic E-state index is 12.3. The highest BCUT2D eigenvalue weighted by Crippen LogP contribution is 2.39. The van der Waals surface area contributed by atoms with E-state index in [0.29, 0.717) is 42.7 Å². The van der Waals surface area contributed by atoms with Crippen molar-refractivity contribution in [3.05, 3.63) is 24.0 Å². The summed E-state index contributed by atoms with van der Waals surface area (Å²) in [6.07, 6.45) is 7.71. The van der Waals surface area contributed by atoms with Crippen LogP contribution in [0.15, 0.2) is 28.3 Å². The number of benzene rings is 1. The molecule has 35 heavy (non-hydrogen) atoms. The smallest absolute Gasteiger partial charge is 0.231 e. The van der Waals surface area contributed by atoms with Crippen LogP contribution < -0.4 is 25.0 Å². The first kappa shape index (κ1) is 26.6. The van der Waals surface area contributed by atoms with Gasteiger partial charge >= 0.3 is 0 Å². The summed E-state index contributed by atoms with van der Waals surface area (Å²) in [6.45, 7) is 9.27. The second-order valence-electron chi connectivity index (χ2n) is 8.32. The summed E-state index contributed by atoms with van der Waals surface area (Å²) in [5.41, 5.74) is 1.69. The number of hydrogen-bond donors (Lipinski definition) is 2. The van der Waals surface area contributed by atoms with Gasteiger partial charge in [0.15, 0.2) is 23.1 Å². The first-order valence-electron chi connectivity index (χ1n) is 12.1. The summed E-state index contributed by atoms with van der Waals surface area (Å²) in [4.78, 5) is 28.4. The van der Waals surface area contributed by atoms with Gasteiger partial charge in [-0.1, -0.05) is 32.6 Å². The van der Waals surface area contributed by atoms with Crippen LogP contribution in [0, 0.1) is 6.92 Å². The third-order valence-electron chi connectivity index (χ3n) is 5.75. The Labute approximate surface area is 212 Å². The lowest BCUT2D eigenvalue weighted by Crippen LogP contribution is -2.35. The van der Waals surface area contributed by atoms with Crippen LogP contribution in [0.1, 0.15) is 51.0 Å². The van der Waals surface area contributed by atoms with E-state index < -0.39 is 0 Å². The average Bonchev–Trinajstić information content (AvgIpc) is 3.32. The Morgan fingerprint density at radius 3 is 2.71 bits per heavy atom. The van der Waals surface area contributed by atoms with Gasteiger partial charge in [-0.25, -0.2) is 9.97 Å². The third-order valence-corrected chi connectivity index (χ3v) is 6.95. The summed E-state index contributed by atoms with van der Waals surface area (Å²) in [7, 11) is 1.79. The fourth-order valence-electron chi connectivity index (χ4n) is 3.80. The first-order valence-corrected chi connectivity index (χ1v) is 13.1. The summed E-state index contributed by atoms with van der Waals surface area (Å²) >= 11 is 1.66. The minimum absolute atomic E-state index is 0.0846. The molecule has 1 aromatic carbocycles. The number of anilines is 2. The van der Waals surface area contributed by atoms with Gasteiger partial charge in [-0.3, -0.25) is 9.79 Å². The van der Waals surface area contributed by atoms with Crippen LogP contribution in [0.5, 0.6) is 11.5 Å². The molecule has 1 amide bonds. The Morgan fingerprint density at radius 2 is 1.97 bits per heavy atom. The molecule has 2 heterocycles. The molecule has 3 rings (SSSR count). The number of nitrogens with zero attached hydrogens (tertiary/aromatic N) is 4. The maximum Gasteiger partial charge on any atom is 0.231 e. The molecule has 9 nitrogen and oxygen atoms in total. The number of aliphatic imine (C=N–C) groups is 1. The Kier molecular flexibility index (Phi) is 10.5. The first-order chi connectivity index (χ1) is 17.1. The van der Waals surface area contributed by atoms with E-state index in [2.05, 4.69) is 51.1 Å². The molecule has 0 saturated heterocycles. The number of aryl methyl sites for hydroxylation is 1. The molecule has 0 unspecified atom stereocenters. The van der Waals surface area contributed by atoms with Crippen molar-refractivity contribution in [3.8, 4) is 11.5 Å². The molecule has 0 saturated carbocycles. The van der Waals surface area contributed by atoms with Gasteiger partial charge in [0.2, 0.25) is 12.7 Å². The zero-order chi connectivity index (χ0) is 25.0. The second-order valence-corrected chi connectivity index (χ2v) is 9.31. The van der Waals surface area contributed by atoms with Crippen molar-refractivity contribution in [3.63, 3.8) is 0 Å².